The summed E-state index contributed by atoms with van der Waals surface area (Å²) in [5.41, 5.74) is 1.55. The minimum Gasteiger partial charge on any atom is -0.481 e. The number of methoxy groups -OCH3 is 2. The molecule has 0 bridgehead atoms. The zero-order valence-electron chi connectivity index (χ0n) is 9.34. The first-order valence-electron chi connectivity index (χ1n) is 4.80. The van der Waals surface area contributed by atoms with E-state index in [1.54, 1.807) is 31.5 Å². The Morgan fingerprint density at radius 2 is 2.18 bits per heavy atom. The maximum atomic E-state index is 11.3. The summed E-state index contributed by atoms with van der Waals surface area (Å²) in [6.45, 7) is 0. The molecule has 0 amide bonds. The fourth-order valence-electron chi connectivity index (χ4n) is 1.29. The van der Waals surface area contributed by atoms with Crippen LogP contribution >= 0.6 is 11.5 Å². The molecule has 0 aliphatic carbocycles. The molecule has 0 spiro atoms. The van der Waals surface area contributed by atoms with Gasteiger partial charge in [-0.05, 0) is 23.7 Å². The van der Waals surface area contributed by atoms with Gasteiger partial charge in [-0.2, -0.15) is 4.37 Å². The lowest BCUT2D eigenvalue weighted by Crippen LogP contribution is -1.96. The predicted molar refractivity (Wildman–Crippen MR) is 63.2 cm³/mol. The average molecular weight is 250 g/mol. The summed E-state index contributed by atoms with van der Waals surface area (Å²) in [6.07, 6.45) is 1.63. The highest BCUT2D eigenvalue weighted by atomic mass is 32.1. The zero-order chi connectivity index (χ0) is 12.3. The van der Waals surface area contributed by atoms with Crippen molar-refractivity contribution in [2.45, 2.75) is 0 Å². The van der Waals surface area contributed by atoms with Gasteiger partial charge in [0.25, 0.3) is 0 Å². The van der Waals surface area contributed by atoms with E-state index in [1.807, 2.05) is 0 Å². The normalized spacial score (nSPS) is 10.0. The molecular weight excluding hydrogens is 240 g/mol. The smallest absolute Gasteiger partial charge is 0.349 e. The number of rotatable bonds is 3. The molecule has 5 nitrogen and oxygen atoms in total. The second-order valence-corrected chi connectivity index (χ2v) is 3.96. The molecule has 2 aromatic heterocycles. The van der Waals surface area contributed by atoms with Crippen molar-refractivity contribution in [3.05, 3.63) is 29.3 Å². The van der Waals surface area contributed by atoms with E-state index in [4.69, 9.17) is 4.74 Å². The van der Waals surface area contributed by atoms with E-state index in [0.29, 0.717) is 16.5 Å². The zero-order valence-corrected chi connectivity index (χ0v) is 10.2. The molecule has 0 N–H and O–H groups in total. The molecule has 17 heavy (non-hydrogen) atoms. The molecule has 0 saturated heterocycles. The highest BCUT2D eigenvalue weighted by Gasteiger charge is 2.12. The second kappa shape index (κ2) is 4.92. The van der Waals surface area contributed by atoms with E-state index < -0.39 is 0 Å². The van der Waals surface area contributed by atoms with E-state index in [-0.39, 0.29) is 5.97 Å². The van der Waals surface area contributed by atoms with Crippen molar-refractivity contribution in [2.24, 2.45) is 0 Å². The first-order valence-corrected chi connectivity index (χ1v) is 5.57. The maximum absolute atomic E-state index is 11.3. The number of carbonyl (C=O) groups excluding carboxylic acids is 1. The number of ether oxygens (including phenoxy) is 2. The Morgan fingerprint density at radius 3 is 2.88 bits per heavy atom. The van der Waals surface area contributed by atoms with E-state index in [9.17, 15) is 4.79 Å². The van der Waals surface area contributed by atoms with Crippen LogP contribution in [0.2, 0.25) is 0 Å². The van der Waals surface area contributed by atoms with Crippen LogP contribution in [0.25, 0.3) is 11.3 Å². The van der Waals surface area contributed by atoms with Crippen LogP contribution in [-0.2, 0) is 4.74 Å². The van der Waals surface area contributed by atoms with Gasteiger partial charge in [-0.3, -0.25) is 0 Å². The van der Waals surface area contributed by atoms with Gasteiger partial charge in [0, 0.05) is 17.8 Å². The fraction of sp³-hybridized carbons (Fsp3) is 0.182. The Labute approximate surface area is 102 Å². The van der Waals surface area contributed by atoms with Crippen molar-refractivity contribution in [2.75, 3.05) is 14.2 Å². The van der Waals surface area contributed by atoms with Gasteiger partial charge >= 0.3 is 5.97 Å². The average Bonchev–Trinajstić information content (AvgIpc) is 2.87. The number of nitrogens with zero attached hydrogens (tertiary/aromatic N) is 2. The third kappa shape index (κ3) is 2.42. The largest absolute Gasteiger partial charge is 0.481 e. The quantitative estimate of drug-likeness (QED) is 0.780. The molecule has 0 saturated carbocycles. The first-order chi connectivity index (χ1) is 8.24. The van der Waals surface area contributed by atoms with Crippen molar-refractivity contribution in [1.82, 2.24) is 9.36 Å². The minimum atomic E-state index is -0.380. The van der Waals surface area contributed by atoms with Gasteiger partial charge in [-0.1, -0.05) is 0 Å². The topological polar surface area (TPSA) is 61.3 Å². The molecule has 0 atom stereocenters. The standard InChI is InChI=1S/C11H10N2O3S/c1-15-10-5-7(3-4-12-10)8-6-9(17-13-8)11(14)16-2/h3-6H,1-2H3. The van der Waals surface area contributed by atoms with E-state index in [2.05, 4.69) is 14.1 Å². The Bertz CT molecular complexity index is 539. The molecule has 0 fully saturated rings. The number of pyridine rings is 1. The Hall–Kier alpha value is -1.95. The summed E-state index contributed by atoms with van der Waals surface area (Å²) in [7, 11) is 2.89. The SMILES string of the molecule is COC(=O)c1cc(-c2ccnc(OC)c2)ns1. The van der Waals surface area contributed by atoms with Crippen molar-refractivity contribution in [3.8, 4) is 17.1 Å². The first kappa shape index (κ1) is 11.5. The predicted octanol–water partition coefficient (Wildman–Crippen LogP) is 2.00. The van der Waals surface area contributed by atoms with Gasteiger partial charge in [0.2, 0.25) is 5.88 Å². The number of hydrogen-bond donors (Lipinski definition) is 0. The van der Waals surface area contributed by atoms with Crippen LogP contribution in [0, 0.1) is 0 Å². The molecule has 0 unspecified atom stereocenters. The molecule has 88 valence electrons. The van der Waals surface area contributed by atoms with Crippen molar-refractivity contribution < 1.29 is 14.3 Å². The minimum absolute atomic E-state index is 0.380. The number of hydrogen-bond acceptors (Lipinski definition) is 6. The highest BCUT2D eigenvalue weighted by Crippen LogP contribution is 2.24. The Morgan fingerprint density at radius 1 is 1.35 bits per heavy atom. The summed E-state index contributed by atoms with van der Waals surface area (Å²) < 4.78 is 13.8. The summed E-state index contributed by atoms with van der Waals surface area (Å²) in [4.78, 5) is 15.8. The van der Waals surface area contributed by atoms with Crippen molar-refractivity contribution in [3.63, 3.8) is 0 Å². The molecule has 2 aromatic rings. The van der Waals surface area contributed by atoms with Crippen LogP contribution in [0.4, 0.5) is 0 Å². The van der Waals surface area contributed by atoms with Gasteiger partial charge in [0.15, 0.2) is 0 Å². The molecule has 0 aliphatic rings. The van der Waals surface area contributed by atoms with Gasteiger partial charge in [-0.15, -0.1) is 0 Å². The molecular formula is C11H10N2O3S. The summed E-state index contributed by atoms with van der Waals surface area (Å²) in [5.74, 6) is 0.130. The van der Waals surface area contributed by atoms with Crippen molar-refractivity contribution >= 4 is 17.5 Å². The number of carbonyl (C=O) groups is 1. The monoisotopic (exact) mass is 250 g/mol. The van der Waals surface area contributed by atoms with Crippen LogP contribution in [0.5, 0.6) is 5.88 Å². The van der Waals surface area contributed by atoms with Crippen LogP contribution in [-0.4, -0.2) is 29.5 Å². The summed E-state index contributed by atoms with van der Waals surface area (Å²) >= 11 is 1.10. The lowest BCUT2D eigenvalue weighted by molar-refractivity contribution is 0.0606. The third-order valence-electron chi connectivity index (χ3n) is 2.14. The van der Waals surface area contributed by atoms with Crippen LogP contribution in [0.1, 0.15) is 9.67 Å². The van der Waals surface area contributed by atoms with E-state index in [1.165, 1.54) is 7.11 Å². The van der Waals surface area contributed by atoms with Crippen molar-refractivity contribution in [1.29, 1.82) is 0 Å². The second-order valence-electron chi connectivity index (χ2n) is 3.15. The maximum Gasteiger partial charge on any atom is 0.349 e. The number of aromatic nitrogens is 2. The number of esters is 1. The van der Waals surface area contributed by atoms with Crippen LogP contribution in [0.15, 0.2) is 24.4 Å². The Kier molecular flexibility index (Phi) is 3.34. The molecule has 2 rings (SSSR count). The van der Waals surface area contributed by atoms with E-state index in [0.717, 1.165) is 17.1 Å². The summed E-state index contributed by atoms with van der Waals surface area (Å²) in [5, 5.41) is 0. The lowest BCUT2D eigenvalue weighted by Gasteiger charge is -1.99. The molecule has 2 heterocycles. The third-order valence-corrected chi connectivity index (χ3v) is 2.91. The fourth-order valence-corrected chi connectivity index (χ4v) is 1.97. The summed E-state index contributed by atoms with van der Waals surface area (Å²) in [6, 6.07) is 5.25. The van der Waals surface area contributed by atoms with E-state index >= 15 is 0 Å². The van der Waals surface area contributed by atoms with Gasteiger partial charge in [-0.25, -0.2) is 9.78 Å². The highest BCUT2D eigenvalue weighted by molar-refractivity contribution is 7.08. The van der Waals surface area contributed by atoms with Gasteiger partial charge in [0.1, 0.15) is 4.88 Å². The lowest BCUT2D eigenvalue weighted by atomic mass is 10.2. The molecule has 0 aromatic carbocycles. The Balaban J connectivity index is 2.33. The molecule has 0 radical (unpaired) electrons. The molecule has 6 heteroatoms. The van der Waals surface area contributed by atoms with Crippen LogP contribution in [0.3, 0.4) is 0 Å². The van der Waals surface area contributed by atoms with Gasteiger partial charge in [0.05, 0.1) is 19.9 Å². The molecule has 0 aliphatic heterocycles. The van der Waals surface area contributed by atoms with Crippen LogP contribution < -0.4 is 4.74 Å². The van der Waals surface area contributed by atoms with Gasteiger partial charge < -0.3 is 9.47 Å².